The van der Waals surface area contributed by atoms with Gasteiger partial charge in [0.15, 0.2) is 0 Å². The SMILES string of the molecule is CC(C)C(O)COC1CCC2C3CCC4CC(C)(O)CCC4(C)C3CCC12C. The molecular formula is C25H44O3. The van der Waals surface area contributed by atoms with Gasteiger partial charge in [0.25, 0.3) is 0 Å². The van der Waals surface area contributed by atoms with Gasteiger partial charge in [-0.25, -0.2) is 0 Å². The monoisotopic (exact) mass is 392 g/mol. The van der Waals surface area contributed by atoms with Crippen molar-refractivity contribution in [1.82, 2.24) is 0 Å². The highest BCUT2D eigenvalue weighted by molar-refractivity contribution is 5.10. The molecule has 9 unspecified atom stereocenters. The first-order chi connectivity index (χ1) is 13.1. The molecule has 4 fully saturated rings. The highest BCUT2D eigenvalue weighted by Crippen LogP contribution is 2.67. The molecule has 4 aliphatic carbocycles. The van der Waals surface area contributed by atoms with E-state index in [1.54, 1.807) is 0 Å². The van der Waals surface area contributed by atoms with Crippen LogP contribution in [-0.2, 0) is 4.74 Å². The molecule has 3 nitrogen and oxygen atoms in total. The van der Waals surface area contributed by atoms with Crippen molar-refractivity contribution in [3.8, 4) is 0 Å². The second-order valence-electron chi connectivity index (χ2n) is 12.1. The molecule has 9 atom stereocenters. The Bertz CT molecular complexity index is 572. The maximum Gasteiger partial charge on any atom is 0.0796 e. The van der Waals surface area contributed by atoms with Crippen LogP contribution in [0.25, 0.3) is 0 Å². The van der Waals surface area contributed by atoms with Gasteiger partial charge < -0.3 is 14.9 Å². The molecule has 4 aliphatic rings. The summed E-state index contributed by atoms with van der Waals surface area (Å²) in [5, 5.41) is 20.9. The summed E-state index contributed by atoms with van der Waals surface area (Å²) in [7, 11) is 0. The molecule has 0 aliphatic heterocycles. The molecule has 28 heavy (non-hydrogen) atoms. The van der Waals surface area contributed by atoms with Gasteiger partial charge in [0.1, 0.15) is 0 Å². The van der Waals surface area contributed by atoms with Crippen molar-refractivity contribution in [3.63, 3.8) is 0 Å². The summed E-state index contributed by atoms with van der Waals surface area (Å²) in [5.74, 6) is 3.43. The zero-order valence-corrected chi connectivity index (χ0v) is 18.9. The fourth-order valence-corrected chi connectivity index (χ4v) is 8.06. The molecule has 0 aromatic carbocycles. The standard InChI is InChI=1S/C25H44O3/c1-16(2)21(26)15-28-22-9-8-19-18-7-6-17-14-23(3,27)12-13-24(17,4)20(18)10-11-25(19,22)5/h16-22,26-27H,6-15H2,1-5H3. The summed E-state index contributed by atoms with van der Waals surface area (Å²) < 4.78 is 6.35. The van der Waals surface area contributed by atoms with Crippen molar-refractivity contribution in [2.45, 2.75) is 110 Å². The van der Waals surface area contributed by atoms with E-state index in [9.17, 15) is 10.2 Å². The van der Waals surface area contributed by atoms with Crippen LogP contribution < -0.4 is 0 Å². The topological polar surface area (TPSA) is 49.7 Å². The quantitative estimate of drug-likeness (QED) is 0.693. The summed E-state index contributed by atoms with van der Waals surface area (Å²) in [5.41, 5.74) is 0.282. The predicted octanol–water partition coefficient (Wildman–Crippen LogP) is 5.18. The summed E-state index contributed by atoms with van der Waals surface area (Å²) in [4.78, 5) is 0. The molecule has 4 rings (SSSR count). The number of rotatable bonds is 4. The molecule has 0 saturated heterocycles. The first kappa shape index (κ1) is 21.1. The van der Waals surface area contributed by atoms with Crippen molar-refractivity contribution in [2.24, 2.45) is 40.4 Å². The van der Waals surface area contributed by atoms with Crippen molar-refractivity contribution in [1.29, 1.82) is 0 Å². The van der Waals surface area contributed by atoms with Gasteiger partial charge in [-0.2, -0.15) is 0 Å². The average Bonchev–Trinajstić information content (AvgIpc) is 2.96. The smallest absolute Gasteiger partial charge is 0.0796 e. The molecular weight excluding hydrogens is 348 g/mol. The van der Waals surface area contributed by atoms with Crippen LogP contribution in [0.2, 0.25) is 0 Å². The zero-order valence-electron chi connectivity index (χ0n) is 18.9. The number of aliphatic hydroxyl groups excluding tert-OH is 1. The number of hydrogen-bond acceptors (Lipinski definition) is 3. The molecule has 3 heteroatoms. The molecule has 0 radical (unpaired) electrons. The number of aliphatic hydroxyl groups is 2. The fraction of sp³-hybridized carbons (Fsp3) is 1.00. The molecule has 0 aromatic rings. The average molecular weight is 393 g/mol. The Balaban J connectivity index is 1.48. The van der Waals surface area contributed by atoms with E-state index >= 15 is 0 Å². The summed E-state index contributed by atoms with van der Waals surface area (Å²) in [6, 6.07) is 0. The second-order valence-corrected chi connectivity index (χ2v) is 12.1. The Kier molecular flexibility index (Phi) is 5.46. The van der Waals surface area contributed by atoms with Gasteiger partial charge in [0.05, 0.1) is 24.4 Å². The lowest BCUT2D eigenvalue weighted by atomic mass is 9.44. The molecule has 0 amide bonds. The molecule has 0 spiro atoms. The third-order valence-corrected chi connectivity index (χ3v) is 10.1. The van der Waals surface area contributed by atoms with Gasteiger partial charge in [0.2, 0.25) is 0 Å². The zero-order chi connectivity index (χ0) is 20.3. The van der Waals surface area contributed by atoms with Crippen LogP contribution in [0, 0.1) is 40.4 Å². The predicted molar refractivity (Wildman–Crippen MR) is 113 cm³/mol. The van der Waals surface area contributed by atoms with Gasteiger partial charge in [0, 0.05) is 0 Å². The van der Waals surface area contributed by atoms with E-state index in [1.165, 1.54) is 44.9 Å². The molecule has 4 saturated carbocycles. The van der Waals surface area contributed by atoms with Gasteiger partial charge in [-0.1, -0.05) is 27.7 Å². The molecule has 2 N–H and O–H groups in total. The highest BCUT2D eigenvalue weighted by atomic mass is 16.5. The lowest BCUT2D eigenvalue weighted by Crippen LogP contribution is -2.56. The van der Waals surface area contributed by atoms with Crippen LogP contribution >= 0.6 is 0 Å². The maximum absolute atomic E-state index is 10.7. The van der Waals surface area contributed by atoms with Crippen LogP contribution in [0.3, 0.4) is 0 Å². The van der Waals surface area contributed by atoms with E-state index in [0.717, 1.165) is 30.6 Å². The summed E-state index contributed by atoms with van der Waals surface area (Å²) in [6.07, 6.45) is 10.9. The third-order valence-electron chi connectivity index (χ3n) is 10.1. The Morgan fingerprint density at radius 1 is 0.893 bits per heavy atom. The van der Waals surface area contributed by atoms with Crippen LogP contribution in [0.1, 0.15) is 92.4 Å². The molecule has 0 bridgehead atoms. The van der Waals surface area contributed by atoms with E-state index in [2.05, 4.69) is 34.6 Å². The number of hydrogen-bond donors (Lipinski definition) is 2. The van der Waals surface area contributed by atoms with Crippen molar-refractivity contribution < 1.29 is 14.9 Å². The largest absolute Gasteiger partial charge is 0.390 e. The molecule has 162 valence electrons. The Morgan fingerprint density at radius 2 is 1.61 bits per heavy atom. The van der Waals surface area contributed by atoms with Crippen molar-refractivity contribution >= 4 is 0 Å². The normalized spacial score (nSPS) is 52.1. The summed E-state index contributed by atoms with van der Waals surface area (Å²) in [6.45, 7) is 11.7. The van der Waals surface area contributed by atoms with Gasteiger partial charge in [-0.05, 0) is 105 Å². The Labute approximate surface area is 172 Å². The van der Waals surface area contributed by atoms with Gasteiger partial charge in [-0.15, -0.1) is 0 Å². The lowest BCUT2D eigenvalue weighted by molar-refractivity contribution is -0.158. The highest BCUT2D eigenvalue weighted by Gasteiger charge is 2.61. The molecule has 0 aromatic heterocycles. The Hall–Kier alpha value is -0.120. The lowest BCUT2D eigenvalue weighted by Gasteiger charge is -2.61. The third kappa shape index (κ3) is 3.38. The first-order valence-corrected chi connectivity index (χ1v) is 12.1. The van der Waals surface area contributed by atoms with Crippen LogP contribution in [0.15, 0.2) is 0 Å². The molecule has 0 heterocycles. The first-order valence-electron chi connectivity index (χ1n) is 12.1. The van der Waals surface area contributed by atoms with Crippen molar-refractivity contribution in [3.05, 3.63) is 0 Å². The van der Waals surface area contributed by atoms with Crippen molar-refractivity contribution in [2.75, 3.05) is 6.61 Å². The fourth-order valence-electron chi connectivity index (χ4n) is 8.06. The van der Waals surface area contributed by atoms with Gasteiger partial charge in [-0.3, -0.25) is 0 Å². The number of fused-ring (bicyclic) bond motifs is 5. The maximum atomic E-state index is 10.7. The minimum absolute atomic E-state index is 0.263. The van der Waals surface area contributed by atoms with E-state index in [-0.39, 0.29) is 12.0 Å². The number of ether oxygens (including phenoxy) is 1. The van der Waals surface area contributed by atoms with E-state index in [0.29, 0.717) is 29.5 Å². The van der Waals surface area contributed by atoms with Crippen LogP contribution in [-0.4, -0.2) is 34.6 Å². The van der Waals surface area contributed by atoms with Crippen LogP contribution in [0.4, 0.5) is 0 Å². The van der Waals surface area contributed by atoms with E-state index in [1.807, 2.05) is 0 Å². The minimum Gasteiger partial charge on any atom is -0.390 e. The van der Waals surface area contributed by atoms with E-state index in [4.69, 9.17) is 4.74 Å². The summed E-state index contributed by atoms with van der Waals surface area (Å²) >= 11 is 0. The van der Waals surface area contributed by atoms with Gasteiger partial charge >= 0.3 is 0 Å². The van der Waals surface area contributed by atoms with E-state index < -0.39 is 5.60 Å². The minimum atomic E-state index is -0.441. The second kappa shape index (κ2) is 7.24. The van der Waals surface area contributed by atoms with Crippen LogP contribution in [0.5, 0.6) is 0 Å². The Morgan fingerprint density at radius 3 is 2.32 bits per heavy atom.